The highest BCUT2D eigenvalue weighted by Gasteiger charge is 2.56. The minimum absolute atomic E-state index is 0.237. The van der Waals surface area contributed by atoms with Crippen LogP contribution in [0, 0.1) is 11.6 Å². The van der Waals surface area contributed by atoms with Gasteiger partial charge in [-0.1, -0.05) is 31.0 Å². The molecule has 4 nitrogen and oxygen atoms in total. The lowest BCUT2D eigenvalue weighted by molar-refractivity contribution is -0.284. The molecule has 0 atom stereocenters. The van der Waals surface area contributed by atoms with Crippen LogP contribution in [0.25, 0.3) is 11.1 Å². The van der Waals surface area contributed by atoms with E-state index in [1.165, 1.54) is 18.2 Å². The number of nitrogens with zero attached hydrogens (tertiary/aromatic N) is 1. The molecule has 2 aromatic rings. The molecular weight excluding hydrogens is 647 g/mol. The van der Waals surface area contributed by atoms with Crippen LogP contribution < -0.4 is 0 Å². The van der Waals surface area contributed by atoms with Crippen LogP contribution >= 0.6 is 0 Å². The Kier molecular flexibility index (Phi) is 13.4. The quantitative estimate of drug-likeness (QED) is 0.141. The van der Waals surface area contributed by atoms with Gasteiger partial charge in [0.05, 0.1) is 11.5 Å². The van der Waals surface area contributed by atoms with E-state index in [9.17, 15) is 44.3 Å². The third-order valence-electron chi connectivity index (χ3n) is 8.76. The Morgan fingerprint density at radius 2 is 1.40 bits per heavy atom. The van der Waals surface area contributed by atoms with Crippen molar-refractivity contribution in [3.05, 3.63) is 64.7 Å². The van der Waals surface area contributed by atoms with Gasteiger partial charge in [-0.3, -0.25) is 4.90 Å². The van der Waals surface area contributed by atoms with E-state index in [4.69, 9.17) is 0 Å². The molecule has 0 aromatic heterocycles. The molecule has 0 aliphatic heterocycles. The van der Waals surface area contributed by atoms with Crippen molar-refractivity contribution in [1.29, 1.82) is 0 Å². The van der Waals surface area contributed by atoms with E-state index < -0.39 is 46.3 Å². The topological polar surface area (TPSA) is 57.6 Å². The fourth-order valence-corrected chi connectivity index (χ4v) is 7.48. The Balaban J connectivity index is 1.55. The summed E-state index contributed by atoms with van der Waals surface area (Å²) in [6.45, 7) is 7.14. The maximum atomic E-state index is 14.9. The zero-order chi connectivity index (χ0) is 35.0. The molecule has 12 heteroatoms. The van der Waals surface area contributed by atoms with Crippen LogP contribution in [0.4, 0.5) is 30.7 Å². The smallest absolute Gasteiger partial charge is 0.453 e. The lowest BCUT2D eigenvalue weighted by atomic mass is 9.89. The van der Waals surface area contributed by atoms with Crippen LogP contribution in [0.15, 0.2) is 36.4 Å². The highest BCUT2D eigenvalue weighted by molar-refractivity contribution is 7.91. The van der Waals surface area contributed by atoms with Crippen LogP contribution in [0.2, 0.25) is 0 Å². The van der Waals surface area contributed by atoms with Crippen molar-refractivity contribution in [1.82, 2.24) is 4.90 Å². The number of phenols is 1. The first-order valence-electron chi connectivity index (χ1n) is 16.2. The van der Waals surface area contributed by atoms with Gasteiger partial charge in [-0.05, 0) is 131 Å². The van der Waals surface area contributed by atoms with Crippen LogP contribution in [-0.2, 0) is 16.3 Å². The second-order valence-electron chi connectivity index (χ2n) is 13.4. The monoisotopic (exact) mass is 693 g/mol. The fraction of sp³-hybridized carbons (Fsp3) is 0.600. The Hall–Kier alpha value is -2.60. The van der Waals surface area contributed by atoms with Crippen molar-refractivity contribution in [3.8, 4) is 5.75 Å². The van der Waals surface area contributed by atoms with Crippen LogP contribution in [-0.4, -0.2) is 60.7 Å². The first-order chi connectivity index (χ1) is 21.8. The molecule has 2 aromatic carbocycles. The summed E-state index contributed by atoms with van der Waals surface area (Å²) in [5.41, 5.74) is 3.95. The van der Waals surface area contributed by atoms with E-state index in [1.54, 1.807) is 18.2 Å². The first-order valence-corrected chi connectivity index (χ1v) is 18.0. The summed E-state index contributed by atoms with van der Waals surface area (Å²) in [5, 5.41) is 10.00. The number of halogens is 7. The summed E-state index contributed by atoms with van der Waals surface area (Å²) >= 11 is 0. The number of hydrogen-bond donors (Lipinski definition) is 1. The van der Waals surface area contributed by atoms with Gasteiger partial charge in [0, 0.05) is 12.0 Å². The van der Waals surface area contributed by atoms with Gasteiger partial charge >= 0.3 is 12.1 Å². The lowest BCUT2D eigenvalue weighted by Gasteiger charge is -2.35. The number of alkyl halides is 5. The SMILES string of the molecule is CC(C)(C)N(CCCCCCC1=C(c2ccc(F)cc2)CCCc2c1ccc(O)c2F)CCCS(=O)(=O)CCCC(F)(F)C(F)(F)F. The molecule has 0 radical (unpaired) electrons. The predicted octanol–water partition coefficient (Wildman–Crippen LogP) is 9.75. The standard InChI is InChI=1S/C35H46F7NO3S/c1-33(2,3)43(22-10-24-47(45,46)23-9-20-34(38,39)35(40,41)42)21-7-5-4-6-11-28-27(25-14-16-26(36)17-15-25)12-8-13-30-29(28)18-19-31(44)32(30)37/h14-19,44H,4-13,20-24H2,1-3H3. The van der Waals surface area contributed by atoms with Gasteiger partial charge in [-0.2, -0.15) is 22.0 Å². The Labute approximate surface area is 274 Å². The molecule has 0 bridgehead atoms. The highest BCUT2D eigenvalue weighted by atomic mass is 32.2. The molecule has 1 aliphatic carbocycles. The fourth-order valence-electron chi connectivity index (χ4n) is 6.12. The molecule has 47 heavy (non-hydrogen) atoms. The number of benzene rings is 2. The van der Waals surface area contributed by atoms with Crippen molar-refractivity contribution >= 4 is 21.0 Å². The predicted molar refractivity (Wildman–Crippen MR) is 172 cm³/mol. The summed E-state index contributed by atoms with van der Waals surface area (Å²) in [6, 6.07) is 9.45. The number of hydrogen-bond acceptors (Lipinski definition) is 4. The molecule has 3 rings (SSSR count). The van der Waals surface area contributed by atoms with Gasteiger partial charge in [0.25, 0.3) is 0 Å². The zero-order valence-electron chi connectivity index (χ0n) is 27.3. The van der Waals surface area contributed by atoms with Crippen molar-refractivity contribution in [2.75, 3.05) is 24.6 Å². The van der Waals surface area contributed by atoms with Gasteiger partial charge in [0.2, 0.25) is 0 Å². The van der Waals surface area contributed by atoms with E-state index in [2.05, 4.69) is 4.90 Å². The van der Waals surface area contributed by atoms with E-state index >= 15 is 0 Å². The van der Waals surface area contributed by atoms with Crippen molar-refractivity contribution in [2.45, 2.75) is 109 Å². The maximum absolute atomic E-state index is 14.9. The minimum Gasteiger partial charge on any atom is -0.505 e. The highest BCUT2D eigenvalue weighted by Crippen LogP contribution is 2.41. The zero-order valence-corrected chi connectivity index (χ0v) is 28.2. The van der Waals surface area contributed by atoms with Crippen LogP contribution in [0.3, 0.4) is 0 Å². The molecule has 264 valence electrons. The molecule has 1 N–H and O–H groups in total. The normalized spacial score (nSPS) is 14.9. The second kappa shape index (κ2) is 16.2. The number of allylic oxidation sites excluding steroid dienone is 2. The summed E-state index contributed by atoms with van der Waals surface area (Å²) < 4.78 is 117. The Morgan fingerprint density at radius 1 is 0.787 bits per heavy atom. The number of rotatable bonds is 16. The Morgan fingerprint density at radius 3 is 2.04 bits per heavy atom. The molecule has 0 heterocycles. The number of aromatic hydroxyl groups is 1. The van der Waals surface area contributed by atoms with E-state index in [-0.39, 0.29) is 29.3 Å². The lowest BCUT2D eigenvalue weighted by Crippen LogP contribution is -2.43. The maximum Gasteiger partial charge on any atom is 0.453 e. The second-order valence-corrected chi connectivity index (χ2v) is 15.7. The average molecular weight is 694 g/mol. The number of phenolic OH excluding ortho intramolecular Hbond substituents is 1. The molecule has 0 amide bonds. The van der Waals surface area contributed by atoms with Gasteiger partial charge in [0.1, 0.15) is 15.7 Å². The van der Waals surface area contributed by atoms with Crippen molar-refractivity contribution in [2.24, 2.45) is 0 Å². The van der Waals surface area contributed by atoms with Gasteiger partial charge < -0.3 is 5.11 Å². The number of fused-ring (bicyclic) bond motifs is 1. The third kappa shape index (κ3) is 11.2. The summed E-state index contributed by atoms with van der Waals surface area (Å²) in [4.78, 5) is 2.15. The third-order valence-corrected chi connectivity index (χ3v) is 10.6. The van der Waals surface area contributed by atoms with E-state index in [0.29, 0.717) is 44.3 Å². The van der Waals surface area contributed by atoms with Gasteiger partial charge in [0.15, 0.2) is 11.6 Å². The molecule has 0 fully saturated rings. The summed E-state index contributed by atoms with van der Waals surface area (Å²) in [6.07, 6.45) is -1.79. The van der Waals surface area contributed by atoms with Crippen LogP contribution in [0.1, 0.15) is 102 Å². The number of sulfone groups is 1. The molecule has 1 aliphatic rings. The largest absolute Gasteiger partial charge is 0.505 e. The minimum atomic E-state index is -5.70. The molecule has 0 saturated carbocycles. The van der Waals surface area contributed by atoms with E-state index in [1.807, 2.05) is 20.8 Å². The van der Waals surface area contributed by atoms with E-state index in [0.717, 1.165) is 48.0 Å². The molecular formula is C35H46F7NO3S. The first kappa shape index (κ1) is 38.8. The molecule has 0 saturated heterocycles. The number of unbranched alkanes of at least 4 members (excludes halogenated alkanes) is 3. The van der Waals surface area contributed by atoms with Crippen molar-refractivity contribution < 1.29 is 44.3 Å². The summed E-state index contributed by atoms with van der Waals surface area (Å²) in [7, 11) is -3.78. The molecule has 0 spiro atoms. The Bertz CT molecular complexity index is 1460. The summed E-state index contributed by atoms with van der Waals surface area (Å²) in [5.74, 6) is -7.22. The van der Waals surface area contributed by atoms with Gasteiger partial charge in [-0.15, -0.1) is 0 Å². The molecule has 0 unspecified atom stereocenters. The van der Waals surface area contributed by atoms with Crippen LogP contribution in [0.5, 0.6) is 5.75 Å². The van der Waals surface area contributed by atoms with Crippen molar-refractivity contribution in [3.63, 3.8) is 0 Å². The van der Waals surface area contributed by atoms with Gasteiger partial charge in [-0.25, -0.2) is 17.2 Å². The average Bonchev–Trinajstić information content (AvgIpc) is 3.14.